The van der Waals surface area contributed by atoms with Crippen molar-refractivity contribution in [1.82, 2.24) is 0 Å². The van der Waals surface area contributed by atoms with Crippen molar-refractivity contribution < 1.29 is 4.79 Å². The van der Waals surface area contributed by atoms with Crippen LogP contribution in [0.3, 0.4) is 0 Å². The van der Waals surface area contributed by atoms with E-state index in [1.54, 1.807) is 0 Å². The number of hydrogen-bond acceptors (Lipinski definition) is 1. The fourth-order valence-corrected chi connectivity index (χ4v) is 4.33. The third-order valence-corrected chi connectivity index (χ3v) is 5.49. The Labute approximate surface area is 147 Å². The normalized spacial score (nSPS) is 14.4. The summed E-state index contributed by atoms with van der Waals surface area (Å²) in [6.07, 6.45) is 1.51. The lowest BCUT2D eigenvalue weighted by Gasteiger charge is -2.15. The Hall–Kier alpha value is -2.87. The van der Waals surface area contributed by atoms with E-state index in [4.69, 9.17) is 0 Å². The van der Waals surface area contributed by atoms with Crippen molar-refractivity contribution >= 4 is 11.6 Å². The molecule has 1 aliphatic heterocycles. The standard InChI is InChI=1S/C23H19NO/c1-2-24-22-11-10-16(12-17(22)14-23(24)25)19-8-5-9-20-18-7-4-3-6-15(18)13-21(19)20/h3-12H,2,13-14H2,1H3. The third kappa shape index (κ3) is 2.07. The van der Waals surface area contributed by atoms with Crippen LogP contribution in [0.25, 0.3) is 22.3 Å². The summed E-state index contributed by atoms with van der Waals surface area (Å²) < 4.78 is 0. The molecule has 0 atom stereocenters. The van der Waals surface area contributed by atoms with Crippen LogP contribution in [-0.2, 0) is 17.6 Å². The maximum absolute atomic E-state index is 12.2. The molecule has 0 saturated carbocycles. The van der Waals surface area contributed by atoms with E-state index in [9.17, 15) is 4.79 Å². The zero-order valence-electron chi connectivity index (χ0n) is 14.3. The van der Waals surface area contributed by atoms with Gasteiger partial charge in [0.1, 0.15) is 0 Å². The van der Waals surface area contributed by atoms with Crippen LogP contribution in [-0.4, -0.2) is 12.5 Å². The molecule has 0 bridgehead atoms. The van der Waals surface area contributed by atoms with Crippen LogP contribution in [0, 0.1) is 0 Å². The summed E-state index contributed by atoms with van der Waals surface area (Å²) in [5, 5.41) is 0. The Morgan fingerprint density at radius 2 is 1.64 bits per heavy atom. The molecule has 0 radical (unpaired) electrons. The summed E-state index contributed by atoms with van der Waals surface area (Å²) in [6, 6.07) is 21.7. The molecule has 0 fully saturated rings. The SMILES string of the molecule is CCN1C(=O)Cc2cc(-c3cccc4c3Cc3ccccc3-4)ccc21. The van der Waals surface area contributed by atoms with Gasteiger partial charge in [0.15, 0.2) is 0 Å². The van der Waals surface area contributed by atoms with Crippen LogP contribution in [0.15, 0.2) is 60.7 Å². The molecule has 1 heterocycles. The highest BCUT2D eigenvalue weighted by Crippen LogP contribution is 2.42. The monoisotopic (exact) mass is 325 g/mol. The van der Waals surface area contributed by atoms with Gasteiger partial charge in [0.05, 0.1) is 6.42 Å². The third-order valence-electron chi connectivity index (χ3n) is 5.49. The van der Waals surface area contributed by atoms with Crippen LogP contribution >= 0.6 is 0 Å². The predicted octanol–water partition coefficient (Wildman–Crippen LogP) is 4.83. The number of carbonyl (C=O) groups is 1. The molecule has 0 saturated heterocycles. The van der Waals surface area contributed by atoms with Crippen LogP contribution in [0.5, 0.6) is 0 Å². The Morgan fingerprint density at radius 1 is 0.840 bits per heavy atom. The van der Waals surface area contributed by atoms with Crippen molar-refractivity contribution in [3.8, 4) is 22.3 Å². The second kappa shape index (κ2) is 5.32. The summed E-state index contributed by atoms with van der Waals surface area (Å²) in [7, 11) is 0. The molecule has 0 aromatic heterocycles. The van der Waals surface area contributed by atoms with Gasteiger partial charge in [0.2, 0.25) is 5.91 Å². The first-order valence-electron chi connectivity index (χ1n) is 8.90. The number of fused-ring (bicyclic) bond motifs is 4. The smallest absolute Gasteiger partial charge is 0.231 e. The van der Waals surface area contributed by atoms with E-state index in [1.165, 1.54) is 33.4 Å². The van der Waals surface area contributed by atoms with Gasteiger partial charge in [0, 0.05) is 12.2 Å². The number of hydrogen-bond donors (Lipinski definition) is 0. The number of likely N-dealkylation sites (N-methyl/N-ethyl adjacent to an activating group) is 1. The number of anilines is 1. The van der Waals surface area contributed by atoms with E-state index >= 15 is 0 Å². The van der Waals surface area contributed by atoms with Crippen molar-refractivity contribution in [1.29, 1.82) is 0 Å². The van der Waals surface area contributed by atoms with Crippen LogP contribution in [0.4, 0.5) is 5.69 Å². The van der Waals surface area contributed by atoms with Crippen molar-refractivity contribution in [2.24, 2.45) is 0 Å². The quantitative estimate of drug-likeness (QED) is 0.517. The summed E-state index contributed by atoms with van der Waals surface area (Å²) in [5.74, 6) is 0.209. The Morgan fingerprint density at radius 3 is 2.52 bits per heavy atom. The van der Waals surface area contributed by atoms with E-state index in [1.807, 2.05) is 11.8 Å². The van der Waals surface area contributed by atoms with Crippen LogP contribution in [0.1, 0.15) is 23.6 Å². The molecular weight excluding hydrogens is 306 g/mol. The van der Waals surface area contributed by atoms with E-state index in [0.29, 0.717) is 6.42 Å². The number of amides is 1. The van der Waals surface area contributed by atoms with Crippen LogP contribution in [0.2, 0.25) is 0 Å². The lowest BCUT2D eigenvalue weighted by Crippen LogP contribution is -2.25. The molecule has 0 spiro atoms. The van der Waals surface area contributed by atoms with Gasteiger partial charge in [0.25, 0.3) is 0 Å². The zero-order valence-corrected chi connectivity index (χ0v) is 14.3. The number of carbonyl (C=O) groups excluding carboxylic acids is 1. The number of benzene rings is 3. The lowest BCUT2D eigenvalue weighted by atomic mass is 9.94. The van der Waals surface area contributed by atoms with Gasteiger partial charge >= 0.3 is 0 Å². The van der Waals surface area contributed by atoms with Gasteiger partial charge in [-0.15, -0.1) is 0 Å². The van der Waals surface area contributed by atoms with Crippen molar-refractivity contribution in [2.75, 3.05) is 11.4 Å². The predicted molar refractivity (Wildman–Crippen MR) is 102 cm³/mol. The first-order chi connectivity index (χ1) is 12.3. The van der Waals surface area contributed by atoms with Gasteiger partial charge in [-0.3, -0.25) is 4.79 Å². The highest BCUT2D eigenvalue weighted by molar-refractivity contribution is 6.02. The highest BCUT2D eigenvalue weighted by Gasteiger charge is 2.27. The Balaban J connectivity index is 1.63. The van der Waals surface area contributed by atoms with Crippen molar-refractivity contribution in [3.63, 3.8) is 0 Å². The summed E-state index contributed by atoms with van der Waals surface area (Å²) in [6.45, 7) is 2.77. The first kappa shape index (κ1) is 14.5. The molecule has 122 valence electrons. The molecule has 3 aromatic carbocycles. The lowest BCUT2D eigenvalue weighted by molar-refractivity contribution is -0.117. The molecular formula is C23H19NO. The minimum atomic E-state index is 0.209. The molecule has 3 aromatic rings. The van der Waals surface area contributed by atoms with E-state index in [0.717, 1.165) is 24.2 Å². The Bertz CT molecular complexity index is 1020. The molecule has 2 aliphatic rings. The molecule has 5 rings (SSSR count). The van der Waals surface area contributed by atoms with Gasteiger partial charge in [-0.25, -0.2) is 0 Å². The molecule has 25 heavy (non-hydrogen) atoms. The first-order valence-corrected chi connectivity index (χ1v) is 8.90. The average molecular weight is 325 g/mol. The second-order valence-electron chi connectivity index (χ2n) is 6.82. The van der Waals surface area contributed by atoms with Gasteiger partial charge in [-0.1, -0.05) is 48.5 Å². The van der Waals surface area contributed by atoms with E-state index in [-0.39, 0.29) is 5.91 Å². The van der Waals surface area contributed by atoms with Crippen LogP contribution < -0.4 is 4.90 Å². The van der Waals surface area contributed by atoms with Crippen molar-refractivity contribution in [3.05, 3.63) is 77.4 Å². The number of rotatable bonds is 2. The Kier molecular flexibility index (Phi) is 3.08. The fourth-order valence-electron chi connectivity index (χ4n) is 4.33. The average Bonchev–Trinajstić information content (AvgIpc) is 3.17. The minimum absolute atomic E-state index is 0.209. The van der Waals surface area contributed by atoms with E-state index in [2.05, 4.69) is 60.7 Å². The zero-order chi connectivity index (χ0) is 17.0. The second-order valence-corrected chi connectivity index (χ2v) is 6.82. The van der Waals surface area contributed by atoms with Gasteiger partial charge in [-0.2, -0.15) is 0 Å². The van der Waals surface area contributed by atoms with E-state index < -0.39 is 0 Å². The number of nitrogens with zero attached hydrogens (tertiary/aromatic N) is 1. The maximum Gasteiger partial charge on any atom is 0.231 e. The molecule has 0 unspecified atom stereocenters. The highest BCUT2D eigenvalue weighted by atomic mass is 16.2. The fraction of sp³-hybridized carbons (Fsp3) is 0.174. The minimum Gasteiger partial charge on any atom is -0.312 e. The summed E-state index contributed by atoms with van der Waals surface area (Å²) in [5.41, 5.74) is 10.2. The molecule has 1 amide bonds. The molecule has 1 aliphatic carbocycles. The topological polar surface area (TPSA) is 20.3 Å². The van der Waals surface area contributed by atoms with Crippen molar-refractivity contribution in [2.45, 2.75) is 19.8 Å². The van der Waals surface area contributed by atoms with Gasteiger partial charge < -0.3 is 4.90 Å². The molecule has 0 N–H and O–H groups in total. The molecule has 2 nitrogen and oxygen atoms in total. The maximum atomic E-state index is 12.2. The summed E-state index contributed by atoms with van der Waals surface area (Å²) >= 11 is 0. The molecule has 2 heteroatoms. The summed E-state index contributed by atoms with van der Waals surface area (Å²) in [4.78, 5) is 14.1. The van der Waals surface area contributed by atoms with Gasteiger partial charge in [-0.05, 0) is 64.4 Å². The largest absolute Gasteiger partial charge is 0.312 e.